The van der Waals surface area contributed by atoms with Gasteiger partial charge < -0.3 is 10.4 Å². The SMILES string of the molecule is CCNC(CO)(Cn1nc(C)c(Br)c1C)C1CC1. The second kappa shape index (κ2) is 5.31. The lowest BCUT2D eigenvalue weighted by atomic mass is 9.94. The molecule has 2 N–H and O–H groups in total. The van der Waals surface area contributed by atoms with Crippen LogP contribution in [0.3, 0.4) is 0 Å². The Morgan fingerprint density at radius 3 is 2.56 bits per heavy atom. The highest BCUT2D eigenvalue weighted by Crippen LogP contribution is 2.40. The lowest BCUT2D eigenvalue weighted by molar-refractivity contribution is 0.119. The quantitative estimate of drug-likeness (QED) is 0.844. The zero-order chi connectivity index (χ0) is 13.3. The first-order chi connectivity index (χ1) is 8.54. The van der Waals surface area contributed by atoms with Crippen LogP contribution in [-0.2, 0) is 6.54 Å². The molecule has 1 aliphatic carbocycles. The molecule has 0 aliphatic heterocycles. The second-order valence-corrected chi connectivity index (χ2v) is 6.05. The third-order valence-electron chi connectivity index (χ3n) is 3.89. The van der Waals surface area contributed by atoms with E-state index in [1.165, 1.54) is 12.8 Å². The molecule has 18 heavy (non-hydrogen) atoms. The third kappa shape index (κ3) is 2.49. The number of aryl methyl sites for hydroxylation is 1. The zero-order valence-electron chi connectivity index (χ0n) is 11.3. The van der Waals surface area contributed by atoms with Gasteiger partial charge in [0, 0.05) is 5.69 Å². The molecule has 1 aromatic heterocycles. The van der Waals surface area contributed by atoms with Crippen LogP contribution in [-0.4, -0.2) is 33.6 Å². The van der Waals surface area contributed by atoms with Gasteiger partial charge >= 0.3 is 0 Å². The van der Waals surface area contributed by atoms with Gasteiger partial charge in [-0.15, -0.1) is 0 Å². The van der Waals surface area contributed by atoms with Crippen molar-refractivity contribution in [3.63, 3.8) is 0 Å². The number of aromatic nitrogens is 2. The summed E-state index contributed by atoms with van der Waals surface area (Å²) in [5.41, 5.74) is 1.92. The van der Waals surface area contributed by atoms with Crippen molar-refractivity contribution in [3.05, 3.63) is 15.9 Å². The molecular weight excluding hydrogens is 294 g/mol. The minimum Gasteiger partial charge on any atom is -0.394 e. The number of aliphatic hydroxyl groups excluding tert-OH is 1. The second-order valence-electron chi connectivity index (χ2n) is 5.26. The molecule has 1 aliphatic rings. The lowest BCUT2D eigenvalue weighted by Crippen LogP contribution is -2.54. The van der Waals surface area contributed by atoms with E-state index in [1.807, 2.05) is 11.6 Å². The van der Waals surface area contributed by atoms with E-state index < -0.39 is 0 Å². The van der Waals surface area contributed by atoms with Gasteiger partial charge in [0.15, 0.2) is 0 Å². The molecule has 1 fully saturated rings. The van der Waals surface area contributed by atoms with Crippen molar-refractivity contribution in [2.45, 2.75) is 45.7 Å². The summed E-state index contributed by atoms with van der Waals surface area (Å²) in [4.78, 5) is 0. The molecule has 2 rings (SSSR count). The number of nitrogens with zero attached hydrogens (tertiary/aromatic N) is 2. The fraction of sp³-hybridized carbons (Fsp3) is 0.769. The predicted octanol–water partition coefficient (Wildman–Crippen LogP) is 2.01. The monoisotopic (exact) mass is 315 g/mol. The van der Waals surface area contributed by atoms with Crippen molar-refractivity contribution in [2.24, 2.45) is 5.92 Å². The number of nitrogens with one attached hydrogen (secondary N) is 1. The molecule has 1 unspecified atom stereocenters. The number of hydrogen-bond acceptors (Lipinski definition) is 3. The van der Waals surface area contributed by atoms with Gasteiger partial charge in [0.1, 0.15) is 0 Å². The number of rotatable bonds is 6. The number of halogens is 1. The number of hydrogen-bond donors (Lipinski definition) is 2. The van der Waals surface area contributed by atoms with Gasteiger partial charge in [0.25, 0.3) is 0 Å². The van der Waals surface area contributed by atoms with E-state index in [0.717, 1.165) is 29.0 Å². The van der Waals surface area contributed by atoms with Crippen LogP contribution in [0.4, 0.5) is 0 Å². The first kappa shape index (κ1) is 14.0. The highest BCUT2D eigenvalue weighted by atomic mass is 79.9. The summed E-state index contributed by atoms with van der Waals surface area (Å²) in [6, 6.07) is 0. The van der Waals surface area contributed by atoms with E-state index in [4.69, 9.17) is 0 Å². The first-order valence-corrected chi connectivity index (χ1v) is 7.38. The van der Waals surface area contributed by atoms with E-state index in [-0.39, 0.29) is 12.1 Å². The highest BCUT2D eigenvalue weighted by Gasteiger charge is 2.45. The minimum atomic E-state index is -0.211. The topological polar surface area (TPSA) is 50.1 Å². The van der Waals surface area contributed by atoms with Crippen LogP contribution in [0.5, 0.6) is 0 Å². The summed E-state index contributed by atoms with van der Waals surface area (Å²) in [5, 5.41) is 17.9. The van der Waals surface area contributed by atoms with Gasteiger partial charge in [-0.25, -0.2) is 0 Å². The van der Waals surface area contributed by atoms with Crippen molar-refractivity contribution in [2.75, 3.05) is 13.2 Å². The Hall–Kier alpha value is -0.390. The molecule has 0 saturated heterocycles. The Labute approximate surface area is 117 Å². The molecule has 0 amide bonds. The lowest BCUT2D eigenvalue weighted by Gasteiger charge is -2.33. The van der Waals surface area contributed by atoms with Crippen LogP contribution < -0.4 is 5.32 Å². The van der Waals surface area contributed by atoms with E-state index in [9.17, 15) is 5.11 Å². The van der Waals surface area contributed by atoms with Crippen molar-refractivity contribution in [1.82, 2.24) is 15.1 Å². The molecule has 0 bridgehead atoms. The highest BCUT2D eigenvalue weighted by molar-refractivity contribution is 9.10. The maximum Gasteiger partial charge on any atom is 0.0738 e. The summed E-state index contributed by atoms with van der Waals surface area (Å²) in [7, 11) is 0. The van der Waals surface area contributed by atoms with E-state index in [0.29, 0.717) is 5.92 Å². The predicted molar refractivity (Wildman–Crippen MR) is 75.6 cm³/mol. The van der Waals surface area contributed by atoms with Crippen molar-refractivity contribution in [1.29, 1.82) is 0 Å². The van der Waals surface area contributed by atoms with Gasteiger partial charge in [-0.2, -0.15) is 5.10 Å². The number of likely N-dealkylation sites (N-methyl/N-ethyl adjacent to an activating group) is 1. The molecule has 1 atom stereocenters. The van der Waals surface area contributed by atoms with Crippen LogP contribution in [0.1, 0.15) is 31.2 Å². The molecule has 4 nitrogen and oxygen atoms in total. The van der Waals surface area contributed by atoms with E-state index >= 15 is 0 Å². The summed E-state index contributed by atoms with van der Waals surface area (Å²) in [5.74, 6) is 0.574. The standard InChI is InChI=1S/C13H22BrN3O/c1-4-15-13(8-18,11-5-6-11)7-17-10(3)12(14)9(2)16-17/h11,15,18H,4-8H2,1-3H3. The van der Waals surface area contributed by atoms with Crippen LogP contribution in [0.15, 0.2) is 4.47 Å². The largest absolute Gasteiger partial charge is 0.394 e. The maximum absolute atomic E-state index is 9.83. The average molecular weight is 316 g/mol. The smallest absolute Gasteiger partial charge is 0.0738 e. The van der Waals surface area contributed by atoms with Crippen LogP contribution in [0.25, 0.3) is 0 Å². The van der Waals surface area contributed by atoms with Crippen LogP contribution in [0.2, 0.25) is 0 Å². The summed E-state index contributed by atoms with van der Waals surface area (Å²) < 4.78 is 3.08. The molecule has 0 radical (unpaired) electrons. The fourth-order valence-corrected chi connectivity index (χ4v) is 2.93. The van der Waals surface area contributed by atoms with Gasteiger partial charge in [-0.3, -0.25) is 4.68 Å². The van der Waals surface area contributed by atoms with Gasteiger partial charge in [-0.1, -0.05) is 6.92 Å². The normalized spacial score (nSPS) is 18.9. The Morgan fingerprint density at radius 1 is 1.50 bits per heavy atom. The summed E-state index contributed by atoms with van der Waals surface area (Å²) in [6.45, 7) is 7.92. The molecule has 1 heterocycles. The average Bonchev–Trinajstić information content (AvgIpc) is 3.16. The molecule has 102 valence electrons. The Morgan fingerprint density at radius 2 is 2.17 bits per heavy atom. The van der Waals surface area contributed by atoms with E-state index in [2.05, 4.69) is 40.2 Å². The van der Waals surface area contributed by atoms with Crippen LogP contribution >= 0.6 is 15.9 Å². The zero-order valence-corrected chi connectivity index (χ0v) is 12.9. The van der Waals surface area contributed by atoms with Crippen molar-refractivity contribution in [3.8, 4) is 0 Å². The third-order valence-corrected chi connectivity index (χ3v) is 5.04. The molecule has 1 saturated carbocycles. The van der Waals surface area contributed by atoms with Gasteiger partial charge in [0.2, 0.25) is 0 Å². The van der Waals surface area contributed by atoms with Crippen LogP contribution in [0, 0.1) is 19.8 Å². The maximum atomic E-state index is 9.83. The fourth-order valence-electron chi connectivity index (χ4n) is 2.65. The van der Waals surface area contributed by atoms with Gasteiger partial charge in [-0.05, 0) is 55.1 Å². The molecule has 0 spiro atoms. The van der Waals surface area contributed by atoms with Crippen molar-refractivity contribution >= 4 is 15.9 Å². The Balaban J connectivity index is 2.25. The summed E-state index contributed by atoms with van der Waals surface area (Å²) >= 11 is 3.55. The Kier molecular flexibility index (Phi) is 4.14. The Bertz CT molecular complexity index is 428. The molecule has 5 heteroatoms. The first-order valence-electron chi connectivity index (χ1n) is 6.59. The molecular formula is C13H22BrN3O. The van der Waals surface area contributed by atoms with Gasteiger partial charge in [0.05, 0.1) is 28.9 Å². The molecule has 1 aromatic rings. The van der Waals surface area contributed by atoms with Crippen molar-refractivity contribution < 1.29 is 5.11 Å². The van der Waals surface area contributed by atoms with E-state index in [1.54, 1.807) is 0 Å². The number of aliphatic hydroxyl groups is 1. The minimum absolute atomic E-state index is 0.168. The molecule has 0 aromatic carbocycles. The summed E-state index contributed by atoms with van der Waals surface area (Å²) in [6.07, 6.45) is 2.40.